The van der Waals surface area contributed by atoms with Gasteiger partial charge in [0, 0.05) is 17.5 Å². The number of nitrogens with zero attached hydrogens (tertiary/aromatic N) is 1. The Morgan fingerprint density at radius 3 is 2.31 bits per heavy atom. The summed E-state index contributed by atoms with van der Waals surface area (Å²) in [7, 11) is -3.68. The fourth-order valence-electron chi connectivity index (χ4n) is 3.49. The molecule has 3 atom stereocenters. The zero-order valence-electron chi connectivity index (χ0n) is 14.6. The molecule has 0 saturated heterocycles. The third-order valence-corrected chi connectivity index (χ3v) is 7.47. The normalized spacial score (nSPS) is 24.8. The van der Waals surface area contributed by atoms with Gasteiger partial charge in [-0.25, -0.2) is 8.42 Å². The molecular weight excluding hydrogens is 370 g/mol. The number of sulfone groups is 1. The van der Waals surface area contributed by atoms with Crippen LogP contribution in [0.2, 0.25) is 5.02 Å². The van der Waals surface area contributed by atoms with E-state index >= 15 is 0 Å². The minimum Gasteiger partial charge on any atom is -0.380 e. The van der Waals surface area contributed by atoms with E-state index in [-0.39, 0.29) is 11.5 Å². The summed E-state index contributed by atoms with van der Waals surface area (Å²) in [6.45, 7) is 4.24. The molecule has 4 nitrogen and oxygen atoms in total. The summed E-state index contributed by atoms with van der Waals surface area (Å²) in [6.07, 6.45) is 0. The first kappa shape index (κ1) is 18.9. The summed E-state index contributed by atoms with van der Waals surface area (Å²) in [5.74, 6) is -0.442. The first-order valence-electron chi connectivity index (χ1n) is 8.42. The van der Waals surface area contributed by atoms with Crippen LogP contribution in [0.1, 0.15) is 24.0 Å². The Labute approximate surface area is 159 Å². The van der Waals surface area contributed by atoms with Crippen LogP contribution in [0, 0.1) is 23.7 Å². The summed E-state index contributed by atoms with van der Waals surface area (Å²) >= 11 is 5.95. The largest absolute Gasteiger partial charge is 0.380 e. The molecule has 2 aromatic rings. The van der Waals surface area contributed by atoms with Crippen molar-refractivity contribution in [2.75, 3.05) is 13.2 Å². The second-order valence-corrected chi connectivity index (χ2v) is 9.10. The van der Waals surface area contributed by atoms with Gasteiger partial charge in [0.2, 0.25) is 0 Å². The van der Waals surface area contributed by atoms with E-state index in [4.69, 9.17) is 16.3 Å². The van der Waals surface area contributed by atoms with Crippen molar-refractivity contribution < 1.29 is 13.2 Å². The quantitative estimate of drug-likeness (QED) is 0.744. The highest BCUT2D eigenvalue weighted by molar-refractivity contribution is 7.92. The zero-order valence-corrected chi connectivity index (χ0v) is 16.2. The first-order valence-corrected chi connectivity index (χ1v) is 10.3. The van der Waals surface area contributed by atoms with Crippen LogP contribution in [-0.4, -0.2) is 26.9 Å². The summed E-state index contributed by atoms with van der Waals surface area (Å²) in [6, 6.07) is 16.0. The molecule has 6 heteroatoms. The summed E-state index contributed by atoms with van der Waals surface area (Å²) in [5.41, 5.74) is 0.680. The maximum absolute atomic E-state index is 13.3. The van der Waals surface area contributed by atoms with E-state index < -0.39 is 26.4 Å². The molecule has 1 aliphatic carbocycles. The van der Waals surface area contributed by atoms with Gasteiger partial charge in [-0.05, 0) is 43.7 Å². The molecule has 2 aromatic carbocycles. The maximum Gasteiger partial charge on any atom is 0.183 e. The topological polar surface area (TPSA) is 67.2 Å². The molecule has 1 saturated carbocycles. The number of aryl methyl sites for hydroxylation is 1. The summed E-state index contributed by atoms with van der Waals surface area (Å²) in [5, 5.41) is 9.61. The van der Waals surface area contributed by atoms with Crippen molar-refractivity contribution in [2.45, 2.75) is 29.9 Å². The smallest absolute Gasteiger partial charge is 0.183 e. The van der Waals surface area contributed by atoms with Crippen molar-refractivity contribution in [3.8, 4) is 6.07 Å². The van der Waals surface area contributed by atoms with Gasteiger partial charge >= 0.3 is 0 Å². The van der Waals surface area contributed by atoms with E-state index in [9.17, 15) is 13.7 Å². The predicted molar refractivity (Wildman–Crippen MR) is 101 cm³/mol. The Balaban J connectivity index is 2.05. The molecule has 0 heterocycles. The number of rotatable bonds is 6. The molecule has 0 bridgehead atoms. The van der Waals surface area contributed by atoms with Crippen LogP contribution in [0.4, 0.5) is 0 Å². The predicted octanol–water partition coefficient (Wildman–Crippen LogP) is 4.13. The van der Waals surface area contributed by atoms with Crippen molar-refractivity contribution in [3.05, 3.63) is 64.7 Å². The van der Waals surface area contributed by atoms with E-state index in [0.29, 0.717) is 11.6 Å². The lowest BCUT2D eigenvalue weighted by Crippen LogP contribution is -2.19. The lowest BCUT2D eigenvalue weighted by Gasteiger charge is -2.10. The summed E-state index contributed by atoms with van der Waals surface area (Å²) < 4.78 is 32.0. The molecule has 0 unspecified atom stereocenters. The molecule has 0 radical (unpaired) electrons. The van der Waals surface area contributed by atoms with Gasteiger partial charge in [0.25, 0.3) is 0 Å². The third kappa shape index (κ3) is 3.14. The lowest BCUT2D eigenvalue weighted by molar-refractivity contribution is 0.117. The fraction of sp³-hybridized carbons (Fsp3) is 0.350. The molecule has 0 aliphatic heterocycles. The van der Waals surface area contributed by atoms with Crippen LogP contribution < -0.4 is 0 Å². The van der Waals surface area contributed by atoms with Crippen molar-refractivity contribution >= 4 is 21.4 Å². The highest BCUT2D eigenvalue weighted by atomic mass is 35.5. The van der Waals surface area contributed by atoms with Gasteiger partial charge in [-0.15, -0.1) is 0 Å². The average molecular weight is 390 g/mol. The molecule has 0 spiro atoms. The van der Waals surface area contributed by atoms with Gasteiger partial charge in [-0.3, -0.25) is 0 Å². The molecule has 1 aliphatic rings. The monoisotopic (exact) mass is 389 g/mol. The Morgan fingerprint density at radius 2 is 1.77 bits per heavy atom. The van der Waals surface area contributed by atoms with Crippen molar-refractivity contribution in [1.29, 1.82) is 5.26 Å². The van der Waals surface area contributed by atoms with E-state index in [0.717, 1.165) is 11.1 Å². The van der Waals surface area contributed by atoms with E-state index in [1.54, 1.807) is 48.5 Å². The minimum atomic E-state index is -3.68. The van der Waals surface area contributed by atoms with Gasteiger partial charge in [-0.1, -0.05) is 41.4 Å². The zero-order chi connectivity index (χ0) is 18.9. The molecule has 1 fully saturated rings. The SMILES string of the molecule is CCOC[C@]1(C#N)[C@H](c2ccc(Cl)cc2)[C@H]1S(=O)(=O)c1ccc(C)cc1. The number of benzene rings is 2. The number of hydrogen-bond donors (Lipinski definition) is 0. The standard InChI is InChI=1S/C20H20ClNO3S/c1-3-25-13-20(12-22)18(15-6-8-16(21)9-7-15)19(20)26(23,24)17-10-4-14(2)5-11-17/h4-11,18-19H,3,13H2,1-2H3/t18-,19-,20-/m1/s1. The lowest BCUT2D eigenvalue weighted by atomic mass is 10.0. The Morgan fingerprint density at radius 1 is 1.15 bits per heavy atom. The van der Waals surface area contributed by atoms with Crippen LogP contribution in [0.25, 0.3) is 0 Å². The second kappa shape index (κ2) is 7.03. The molecule has 0 amide bonds. The number of halogens is 1. The van der Waals surface area contributed by atoms with Crippen LogP contribution >= 0.6 is 11.6 Å². The number of nitriles is 1. The van der Waals surface area contributed by atoms with Crippen LogP contribution in [0.5, 0.6) is 0 Å². The number of ether oxygens (including phenoxy) is 1. The van der Waals surface area contributed by atoms with Crippen LogP contribution in [0.3, 0.4) is 0 Å². The van der Waals surface area contributed by atoms with Crippen LogP contribution in [0.15, 0.2) is 53.4 Å². The molecule has 136 valence electrons. The first-order chi connectivity index (χ1) is 12.4. The maximum atomic E-state index is 13.3. The van der Waals surface area contributed by atoms with Gasteiger partial charge in [-0.2, -0.15) is 5.26 Å². The van der Waals surface area contributed by atoms with Crippen molar-refractivity contribution in [2.24, 2.45) is 5.41 Å². The molecular formula is C20H20ClNO3S. The highest BCUT2D eigenvalue weighted by Crippen LogP contribution is 2.64. The summed E-state index contributed by atoms with van der Waals surface area (Å²) in [4.78, 5) is 0.237. The highest BCUT2D eigenvalue weighted by Gasteiger charge is 2.72. The van der Waals surface area contributed by atoms with Gasteiger partial charge in [0.05, 0.1) is 22.8 Å². The molecule has 3 rings (SSSR count). The molecule has 0 N–H and O–H groups in total. The number of hydrogen-bond acceptors (Lipinski definition) is 4. The van der Waals surface area contributed by atoms with E-state index in [1.807, 2.05) is 13.8 Å². The average Bonchev–Trinajstić information content (AvgIpc) is 3.31. The fourth-order valence-corrected chi connectivity index (χ4v) is 5.92. The van der Waals surface area contributed by atoms with E-state index in [2.05, 4.69) is 6.07 Å². The van der Waals surface area contributed by atoms with Gasteiger partial charge in [0.15, 0.2) is 9.84 Å². The Hall–Kier alpha value is -1.87. The molecule has 0 aromatic heterocycles. The second-order valence-electron chi connectivity index (χ2n) is 6.60. The Bertz CT molecular complexity index is 933. The van der Waals surface area contributed by atoms with Crippen LogP contribution in [-0.2, 0) is 14.6 Å². The third-order valence-electron chi connectivity index (χ3n) is 4.92. The van der Waals surface area contributed by atoms with E-state index in [1.165, 1.54) is 0 Å². The van der Waals surface area contributed by atoms with Crippen molar-refractivity contribution in [1.82, 2.24) is 0 Å². The van der Waals surface area contributed by atoms with Gasteiger partial charge in [0.1, 0.15) is 5.41 Å². The van der Waals surface area contributed by atoms with Crippen molar-refractivity contribution in [3.63, 3.8) is 0 Å². The molecule has 26 heavy (non-hydrogen) atoms. The van der Waals surface area contributed by atoms with Gasteiger partial charge < -0.3 is 4.74 Å². The Kier molecular flexibility index (Phi) is 5.12. The minimum absolute atomic E-state index is 0.0864.